The van der Waals surface area contributed by atoms with Crippen LogP contribution in [-0.2, 0) is 21.2 Å². The van der Waals surface area contributed by atoms with Crippen LogP contribution in [0.4, 0.5) is 5.69 Å². The molecule has 0 saturated heterocycles. The average Bonchev–Trinajstić information content (AvgIpc) is 2.47. The van der Waals surface area contributed by atoms with Gasteiger partial charge in [-0.3, -0.25) is 9.10 Å². The molecule has 124 valence electrons. The summed E-state index contributed by atoms with van der Waals surface area (Å²) in [6, 6.07) is 7.50. The molecule has 0 saturated carbocycles. The number of aliphatic carboxylic acids is 1. The highest BCUT2D eigenvalue weighted by Gasteiger charge is 2.29. The van der Waals surface area contributed by atoms with E-state index < -0.39 is 16.0 Å². The molecule has 0 fully saturated rings. The average molecular weight is 327 g/mol. The Hall–Kier alpha value is -1.56. The van der Waals surface area contributed by atoms with E-state index in [9.17, 15) is 13.2 Å². The Morgan fingerprint density at radius 1 is 1.32 bits per heavy atom. The fourth-order valence-corrected chi connectivity index (χ4v) is 3.70. The van der Waals surface area contributed by atoms with E-state index in [1.807, 2.05) is 38.1 Å². The van der Waals surface area contributed by atoms with Gasteiger partial charge in [-0.2, -0.15) is 0 Å². The lowest BCUT2D eigenvalue weighted by molar-refractivity contribution is -0.137. The van der Waals surface area contributed by atoms with E-state index in [1.54, 1.807) is 0 Å². The first-order valence-electron chi connectivity index (χ1n) is 7.65. The lowest BCUT2D eigenvalue weighted by atomic mass is 9.90. The number of para-hydroxylation sites is 1. The third-order valence-corrected chi connectivity index (χ3v) is 4.74. The van der Waals surface area contributed by atoms with E-state index in [1.165, 1.54) is 10.6 Å². The Bertz CT molecular complexity index is 598. The zero-order valence-electron chi connectivity index (χ0n) is 13.4. The van der Waals surface area contributed by atoms with Crippen LogP contribution in [0.3, 0.4) is 0 Å². The zero-order valence-corrected chi connectivity index (χ0v) is 14.3. The van der Waals surface area contributed by atoms with Crippen molar-refractivity contribution in [2.45, 2.75) is 39.5 Å². The molecule has 0 aliphatic carbocycles. The summed E-state index contributed by atoms with van der Waals surface area (Å²) in [5.74, 6) is -0.625. The van der Waals surface area contributed by atoms with Gasteiger partial charge in [-0.25, -0.2) is 8.42 Å². The summed E-state index contributed by atoms with van der Waals surface area (Å²) in [4.78, 5) is 10.6. The van der Waals surface area contributed by atoms with E-state index in [4.69, 9.17) is 5.11 Å². The van der Waals surface area contributed by atoms with E-state index in [2.05, 4.69) is 0 Å². The van der Waals surface area contributed by atoms with Crippen molar-refractivity contribution >= 4 is 21.7 Å². The summed E-state index contributed by atoms with van der Waals surface area (Å²) in [5, 5.41) is 8.68. The number of rotatable bonds is 5. The van der Waals surface area contributed by atoms with Gasteiger partial charge in [-0.05, 0) is 36.8 Å². The van der Waals surface area contributed by atoms with Gasteiger partial charge >= 0.3 is 5.97 Å². The number of nitrogens with zero attached hydrogens (tertiary/aromatic N) is 1. The fraction of sp³-hybridized carbons (Fsp3) is 0.562. The normalized spacial score (nSPS) is 17.2. The summed E-state index contributed by atoms with van der Waals surface area (Å²) in [6.45, 7) is 4.44. The van der Waals surface area contributed by atoms with Crippen LogP contribution in [0, 0.1) is 5.92 Å². The SMILES string of the molecule is CC.CS(=O)(=O)N1C[C@H](CCCC(=O)O)Cc2ccccc21. The molecule has 1 heterocycles. The molecule has 1 aromatic rings. The maximum Gasteiger partial charge on any atom is 0.303 e. The van der Waals surface area contributed by atoms with Gasteiger partial charge in [0.05, 0.1) is 11.9 Å². The molecule has 1 aromatic carbocycles. The molecule has 1 aliphatic heterocycles. The van der Waals surface area contributed by atoms with Gasteiger partial charge in [-0.1, -0.05) is 32.0 Å². The summed E-state index contributed by atoms with van der Waals surface area (Å²) < 4.78 is 25.3. The Kier molecular flexibility index (Phi) is 6.87. The summed E-state index contributed by atoms with van der Waals surface area (Å²) in [7, 11) is -3.30. The van der Waals surface area contributed by atoms with Crippen molar-refractivity contribution in [3.8, 4) is 0 Å². The van der Waals surface area contributed by atoms with E-state index in [-0.39, 0.29) is 12.3 Å². The summed E-state index contributed by atoms with van der Waals surface area (Å²) >= 11 is 0. The number of carboxylic acids is 1. The number of fused-ring (bicyclic) bond motifs is 1. The Balaban J connectivity index is 0.00000116. The van der Waals surface area contributed by atoms with Crippen molar-refractivity contribution in [3.05, 3.63) is 29.8 Å². The third kappa shape index (κ3) is 5.02. The molecule has 0 aromatic heterocycles. The largest absolute Gasteiger partial charge is 0.481 e. The van der Waals surface area contributed by atoms with Gasteiger partial charge < -0.3 is 5.11 Å². The van der Waals surface area contributed by atoms with Crippen LogP contribution < -0.4 is 4.31 Å². The maximum atomic E-state index is 11.9. The molecular weight excluding hydrogens is 302 g/mol. The van der Waals surface area contributed by atoms with Gasteiger partial charge in [-0.15, -0.1) is 0 Å². The standard InChI is InChI=1S/C14H19NO4S.C2H6/c1-20(18,19)15-10-11(5-4-8-14(16)17)9-12-6-2-3-7-13(12)15;1-2/h2-3,6-7,11H,4-5,8-10H2,1H3,(H,16,17);1-2H3/t11-;/m1./s1. The number of carboxylic acid groups (broad SMARTS) is 1. The van der Waals surface area contributed by atoms with E-state index >= 15 is 0 Å². The molecule has 2 rings (SSSR count). The minimum absolute atomic E-state index is 0.136. The second-order valence-electron chi connectivity index (χ2n) is 5.28. The van der Waals surface area contributed by atoms with Crippen molar-refractivity contribution in [3.63, 3.8) is 0 Å². The molecular formula is C16H25NO4S. The quantitative estimate of drug-likeness (QED) is 0.902. The van der Waals surface area contributed by atoms with Gasteiger partial charge in [0.1, 0.15) is 0 Å². The molecule has 0 bridgehead atoms. The first-order chi connectivity index (χ1) is 10.4. The third-order valence-electron chi connectivity index (χ3n) is 3.60. The van der Waals surface area contributed by atoms with Crippen LogP contribution in [0.15, 0.2) is 24.3 Å². The van der Waals surface area contributed by atoms with Crippen molar-refractivity contribution in [1.29, 1.82) is 0 Å². The van der Waals surface area contributed by atoms with Gasteiger partial charge in [0.25, 0.3) is 0 Å². The van der Waals surface area contributed by atoms with Crippen LogP contribution in [0.5, 0.6) is 0 Å². The molecule has 0 unspecified atom stereocenters. The molecule has 1 atom stereocenters. The maximum absolute atomic E-state index is 11.9. The minimum atomic E-state index is -3.30. The predicted octanol–water partition coefficient (Wildman–Crippen LogP) is 2.91. The van der Waals surface area contributed by atoms with Crippen LogP contribution in [-0.4, -0.2) is 32.3 Å². The van der Waals surface area contributed by atoms with Gasteiger partial charge in [0, 0.05) is 13.0 Å². The van der Waals surface area contributed by atoms with Gasteiger partial charge in [0.15, 0.2) is 0 Å². The number of hydrogen-bond donors (Lipinski definition) is 1. The molecule has 6 heteroatoms. The van der Waals surface area contributed by atoms with Crippen molar-refractivity contribution in [2.75, 3.05) is 17.1 Å². The molecule has 5 nitrogen and oxygen atoms in total. The van der Waals surface area contributed by atoms with Crippen molar-refractivity contribution in [2.24, 2.45) is 5.92 Å². The summed E-state index contributed by atoms with van der Waals surface area (Å²) in [5.41, 5.74) is 1.77. The van der Waals surface area contributed by atoms with Gasteiger partial charge in [0.2, 0.25) is 10.0 Å². The second kappa shape index (κ2) is 8.17. The molecule has 22 heavy (non-hydrogen) atoms. The highest BCUT2D eigenvalue weighted by atomic mass is 32.2. The van der Waals surface area contributed by atoms with Crippen molar-refractivity contribution in [1.82, 2.24) is 0 Å². The van der Waals surface area contributed by atoms with Crippen molar-refractivity contribution < 1.29 is 18.3 Å². The number of anilines is 1. The number of sulfonamides is 1. The molecule has 0 radical (unpaired) electrons. The van der Waals surface area contributed by atoms with Crippen LogP contribution >= 0.6 is 0 Å². The molecule has 1 N–H and O–H groups in total. The lowest BCUT2D eigenvalue weighted by Gasteiger charge is -2.34. The monoisotopic (exact) mass is 327 g/mol. The van der Waals surface area contributed by atoms with Crippen LogP contribution in [0.2, 0.25) is 0 Å². The number of carbonyl (C=O) groups is 1. The minimum Gasteiger partial charge on any atom is -0.481 e. The Morgan fingerprint density at radius 3 is 2.55 bits per heavy atom. The van der Waals surface area contributed by atoms with Crippen LogP contribution in [0.1, 0.15) is 38.7 Å². The Morgan fingerprint density at radius 2 is 1.95 bits per heavy atom. The lowest BCUT2D eigenvalue weighted by Crippen LogP contribution is -2.39. The van der Waals surface area contributed by atoms with E-state index in [0.717, 1.165) is 24.1 Å². The second-order valence-corrected chi connectivity index (χ2v) is 7.19. The smallest absolute Gasteiger partial charge is 0.303 e. The zero-order chi connectivity index (χ0) is 16.8. The topological polar surface area (TPSA) is 74.7 Å². The number of hydrogen-bond acceptors (Lipinski definition) is 3. The predicted molar refractivity (Wildman–Crippen MR) is 88.7 cm³/mol. The highest BCUT2D eigenvalue weighted by Crippen LogP contribution is 2.33. The summed E-state index contributed by atoms with van der Waals surface area (Å²) in [6.07, 6.45) is 3.47. The Labute approximate surface area is 133 Å². The first-order valence-corrected chi connectivity index (χ1v) is 9.50. The fourth-order valence-electron chi connectivity index (χ4n) is 2.68. The molecule has 0 amide bonds. The molecule has 0 spiro atoms. The first kappa shape index (κ1) is 18.5. The molecule has 1 aliphatic rings. The van der Waals surface area contributed by atoms with Crippen LogP contribution in [0.25, 0.3) is 0 Å². The highest BCUT2D eigenvalue weighted by molar-refractivity contribution is 7.92. The van der Waals surface area contributed by atoms with E-state index in [0.29, 0.717) is 13.0 Å². The number of benzene rings is 1.